The van der Waals surface area contributed by atoms with E-state index in [2.05, 4.69) is 5.32 Å². The number of rotatable bonds is 8. The number of hydrogen-bond acceptors (Lipinski definition) is 4. The van der Waals surface area contributed by atoms with Crippen LogP contribution in [0.5, 0.6) is 0 Å². The van der Waals surface area contributed by atoms with E-state index in [1.165, 1.54) is 0 Å². The molecule has 0 aromatic carbocycles. The van der Waals surface area contributed by atoms with Crippen LogP contribution >= 0.6 is 0 Å². The van der Waals surface area contributed by atoms with Gasteiger partial charge in [0.05, 0.1) is 6.10 Å². The van der Waals surface area contributed by atoms with Crippen LogP contribution in [0.15, 0.2) is 0 Å². The van der Waals surface area contributed by atoms with Crippen molar-refractivity contribution < 1.29 is 14.6 Å². The highest BCUT2D eigenvalue weighted by Crippen LogP contribution is 1.91. The minimum Gasteiger partial charge on any atom is -0.392 e. The molecule has 0 rings (SSSR count). The van der Waals surface area contributed by atoms with Gasteiger partial charge < -0.3 is 20.9 Å². The van der Waals surface area contributed by atoms with E-state index in [-0.39, 0.29) is 5.91 Å². The fraction of sp³-hybridized carbons (Fsp3) is 0.900. The molecule has 0 aliphatic heterocycles. The summed E-state index contributed by atoms with van der Waals surface area (Å²) < 4.78 is 5.10. The van der Waals surface area contributed by atoms with Crippen LogP contribution in [0.2, 0.25) is 0 Å². The molecule has 0 saturated carbocycles. The van der Waals surface area contributed by atoms with Gasteiger partial charge in [-0.25, -0.2) is 0 Å². The van der Waals surface area contributed by atoms with Gasteiger partial charge in [-0.15, -0.1) is 0 Å². The number of aliphatic hydroxyl groups excluding tert-OH is 1. The minimum absolute atomic E-state index is 0.0502. The van der Waals surface area contributed by atoms with E-state index in [0.717, 1.165) is 0 Å². The first-order chi connectivity index (χ1) is 7.07. The van der Waals surface area contributed by atoms with Crippen LogP contribution in [0.4, 0.5) is 0 Å². The maximum absolute atomic E-state index is 11.2. The third kappa shape index (κ3) is 8.35. The van der Waals surface area contributed by atoms with E-state index < -0.39 is 12.1 Å². The predicted octanol–water partition coefficient (Wildman–Crippen LogP) is -0.373. The van der Waals surface area contributed by atoms with Crippen molar-refractivity contribution in [2.75, 3.05) is 19.8 Å². The van der Waals surface area contributed by atoms with E-state index >= 15 is 0 Å². The van der Waals surface area contributed by atoms with E-state index in [9.17, 15) is 4.79 Å². The quantitative estimate of drug-likeness (QED) is 0.485. The Kier molecular flexibility index (Phi) is 8.27. The molecule has 0 radical (unpaired) electrons. The third-order valence-electron chi connectivity index (χ3n) is 2.05. The van der Waals surface area contributed by atoms with Gasteiger partial charge in [-0.3, -0.25) is 4.79 Å². The molecular formula is C10H22N2O3. The lowest BCUT2D eigenvalue weighted by atomic mass is 10.2. The van der Waals surface area contributed by atoms with Gasteiger partial charge in [0.2, 0.25) is 5.91 Å². The number of carbonyl (C=O) groups is 1. The fourth-order valence-electron chi connectivity index (χ4n) is 0.970. The summed E-state index contributed by atoms with van der Waals surface area (Å²) >= 11 is 0. The summed E-state index contributed by atoms with van der Waals surface area (Å²) in [5, 5.41) is 11.7. The molecule has 0 aromatic heterocycles. The standard InChI is InChI=1S/C10H22N2O3/c1-3-15-6-4-5-10(14)12-7-9(11)8(2)13/h8-9,13H,3-7,11H2,1-2H3,(H,12,14). The van der Waals surface area contributed by atoms with Gasteiger partial charge in [-0.05, 0) is 20.3 Å². The second-order valence-electron chi connectivity index (χ2n) is 3.51. The van der Waals surface area contributed by atoms with Crippen LogP contribution < -0.4 is 11.1 Å². The highest BCUT2D eigenvalue weighted by molar-refractivity contribution is 5.75. The molecule has 2 unspecified atom stereocenters. The molecule has 0 aliphatic rings. The van der Waals surface area contributed by atoms with Gasteiger partial charge in [0.15, 0.2) is 0 Å². The molecule has 0 aliphatic carbocycles. The van der Waals surface area contributed by atoms with E-state index in [1.54, 1.807) is 6.92 Å². The van der Waals surface area contributed by atoms with Crippen molar-refractivity contribution in [2.45, 2.75) is 38.8 Å². The summed E-state index contributed by atoms with van der Waals surface area (Å²) in [4.78, 5) is 11.2. The van der Waals surface area contributed by atoms with Crippen molar-refractivity contribution in [1.82, 2.24) is 5.32 Å². The maximum Gasteiger partial charge on any atom is 0.220 e. The average Bonchev–Trinajstić information content (AvgIpc) is 2.20. The van der Waals surface area contributed by atoms with Gasteiger partial charge >= 0.3 is 0 Å². The molecule has 0 heterocycles. The summed E-state index contributed by atoms with van der Waals surface area (Å²) in [5.41, 5.74) is 5.55. The van der Waals surface area contributed by atoms with Crippen LogP contribution in [-0.2, 0) is 9.53 Å². The summed E-state index contributed by atoms with van der Waals surface area (Å²) in [6, 6.07) is -0.402. The SMILES string of the molecule is CCOCCCC(=O)NCC(N)C(C)O. The number of aliphatic hydroxyl groups is 1. The molecule has 0 fully saturated rings. The Morgan fingerprint density at radius 1 is 1.60 bits per heavy atom. The summed E-state index contributed by atoms with van der Waals surface area (Å²) in [7, 11) is 0. The molecule has 0 saturated heterocycles. The monoisotopic (exact) mass is 218 g/mol. The first kappa shape index (κ1) is 14.3. The minimum atomic E-state index is -0.603. The molecule has 4 N–H and O–H groups in total. The normalized spacial score (nSPS) is 14.7. The molecule has 1 amide bonds. The predicted molar refractivity (Wildman–Crippen MR) is 58.4 cm³/mol. The first-order valence-corrected chi connectivity index (χ1v) is 5.36. The largest absolute Gasteiger partial charge is 0.392 e. The Balaban J connectivity index is 3.41. The lowest BCUT2D eigenvalue weighted by molar-refractivity contribution is -0.121. The van der Waals surface area contributed by atoms with Crippen LogP contribution in [0.1, 0.15) is 26.7 Å². The third-order valence-corrected chi connectivity index (χ3v) is 2.05. The Hall–Kier alpha value is -0.650. The molecule has 5 nitrogen and oxygen atoms in total. The van der Waals surface area contributed by atoms with Crippen LogP contribution in [0.25, 0.3) is 0 Å². The van der Waals surface area contributed by atoms with Crippen LogP contribution in [0, 0.1) is 0 Å². The smallest absolute Gasteiger partial charge is 0.220 e. The van der Waals surface area contributed by atoms with E-state index in [1.807, 2.05) is 6.92 Å². The molecule has 2 atom stereocenters. The number of ether oxygens (including phenoxy) is 1. The zero-order valence-electron chi connectivity index (χ0n) is 9.53. The highest BCUT2D eigenvalue weighted by Gasteiger charge is 2.10. The Morgan fingerprint density at radius 2 is 2.27 bits per heavy atom. The molecule has 0 spiro atoms. The zero-order chi connectivity index (χ0) is 11.7. The highest BCUT2D eigenvalue weighted by atomic mass is 16.5. The fourth-order valence-corrected chi connectivity index (χ4v) is 0.970. The van der Waals surface area contributed by atoms with Gasteiger partial charge in [0, 0.05) is 32.2 Å². The van der Waals surface area contributed by atoms with Crippen LogP contribution in [-0.4, -0.2) is 42.9 Å². The Bertz CT molecular complexity index is 174. The van der Waals surface area contributed by atoms with Crippen molar-refractivity contribution in [3.05, 3.63) is 0 Å². The second kappa shape index (κ2) is 8.64. The van der Waals surface area contributed by atoms with Gasteiger partial charge in [-0.1, -0.05) is 0 Å². The van der Waals surface area contributed by atoms with Gasteiger partial charge in [0.1, 0.15) is 0 Å². The Morgan fingerprint density at radius 3 is 2.80 bits per heavy atom. The van der Waals surface area contributed by atoms with Gasteiger partial charge in [-0.2, -0.15) is 0 Å². The number of amides is 1. The van der Waals surface area contributed by atoms with Crippen molar-refractivity contribution in [2.24, 2.45) is 5.73 Å². The van der Waals surface area contributed by atoms with Crippen LogP contribution in [0.3, 0.4) is 0 Å². The number of nitrogens with one attached hydrogen (secondary N) is 1. The number of hydrogen-bond donors (Lipinski definition) is 3. The lowest BCUT2D eigenvalue weighted by Gasteiger charge is -2.15. The zero-order valence-corrected chi connectivity index (χ0v) is 9.53. The number of nitrogens with two attached hydrogens (primary N) is 1. The van der Waals surface area contributed by atoms with E-state index in [4.69, 9.17) is 15.6 Å². The molecule has 0 aromatic rings. The maximum atomic E-state index is 11.2. The molecular weight excluding hydrogens is 196 g/mol. The average molecular weight is 218 g/mol. The van der Waals surface area contributed by atoms with Crippen molar-refractivity contribution in [3.8, 4) is 0 Å². The van der Waals surface area contributed by atoms with E-state index in [0.29, 0.717) is 32.6 Å². The van der Waals surface area contributed by atoms with Crippen molar-refractivity contribution in [1.29, 1.82) is 0 Å². The summed E-state index contributed by atoms with van der Waals surface area (Å²) in [6.45, 7) is 5.11. The number of carbonyl (C=O) groups excluding carboxylic acids is 1. The molecule has 5 heteroatoms. The lowest BCUT2D eigenvalue weighted by Crippen LogP contribution is -2.43. The topological polar surface area (TPSA) is 84.6 Å². The Labute approximate surface area is 91.0 Å². The van der Waals surface area contributed by atoms with Gasteiger partial charge in [0.25, 0.3) is 0 Å². The first-order valence-electron chi connectivity index (χ1n) is 5.36. The molecule has 0 bridgehead atoms. The molecule has 15 heavy (non-hydrogen) atoms. The second-order valence-corrected chi connectivity index (χ2v) is 3.51. The van der Waals surface area contributed by atoms with Crippen molar-refractivity contribution >= 4 is 5.91 Å². The summed E-state index contributed by atoms with van der Waals surface area (Å²) in [5.74, 6) is -0.0502. The summed E-state index contributed by atoms with van der Waals surface area (Å²) in [6.07, 6.45) is 0.546. The molecule has 90 valence electrons. The van der Waals surface area contributed by atoms with Crippen molar-refractivity contribution in [3.63, 3.8) is 0 Å².